The Hall–Kier alpha value is -1.75. The number of aromatic amines is 1. The van der Waals surface area contributed by atoms with Crippen molar-refractivity contribution in [1.29, 1.82) is 0 Å². The number of likely N-dealkylation sites (tertiary alicyclic amines) is 1. The van der Waals surface area contributed by atoms with Gasteiger partial charge < -0.3 is 0 Å². The number of nitrogens with zero attached hydrogens (tertiary/aromatic N) is 2. The molecule has 1 fully saturated rings. The largest absolute Gasteiger partial charge is 0.298 e. The first-order valence-electron chi connectivity index (χ1n) is 6.88. The molecule has 1 aromatic heterocycles. The molecule has 1 aromatic carbocycles. The lowest BCUT2D eigenvalue weighted by atomic mass is 9.94. The molecule has 5 heteroatoms. The van der Waals surface area contributed by atoms with Crippen molar-refractivity contribution in [3.8, 4) is 0 Å². The van der Waals surface area contributed by atoms with Gasteiger partial charge in [-0.25, -0.2) is 8.78 Å². The van der Waals surface area contributed by atoms with Crippen LogP contribution in [0, 0.1) is 11.6 Å². The number of hydrogen-bond donors (Lipinski definition) is 1. The van der Waals surface area contributed by atoms with Gasteiger partial charge >= 0.3 is 0 Å². The highest BCUT2D eigenvalue weighted by atomic mass is 19.1. The molecule has 3 nitrogen and oxygen atoms in total. The molecule has 106 valence electrons. The van der Waals surface area contributed by atoms with Gasteiger partial charge in [0.05, 0.1) is 0 Å². The summed E-state index contributed by atoms with van der Waals surface area (Å²) in [5, 5.41) is 6.96. The van der Waals surface area contributed by atoms with Crippen LogP contribution in [0.15, 0.2) is 30.5 Å². The topological polar surface area (TPSA) is 31.9 Å². The van der Waals surface area contributed by atoms with Crippen molar-refractivity contribution in [2.75, 3.05) is 13.1 Å². The summed E-state index contributed by atoms with van der Waals surface area (Å²) >= 11 is 0. The van der Waals surface area contributed by atoms with Gasteiger partial charge in [0, 0.05) is 36.5 Å². The third kappa shape index (κ3) is 2.72. The standard InChI is InChI=1S/C15H17F2N3/c16-13-4-1-5-14(17)12(13)10-20-8-2-3-11(9-20)15-6-7-18-19-15/h1,4-7,11H,2-3,8-10H2,(H,18,19)/t11-/m1/s1. The van der Waals surface area contributed by atoms with E-state index in [4.69, 9.17) is 0 Å². The van der Waals surface area contributed by atoms with Crippen molar-refractivity contribution >= 4 is 0 Å². The highest BCUT2D eigenvalue weighted by Gasteiger charge is 2.23. The Kier molecular flexibility index (Phi) is 3.78. The molecule has 0 spiro atoms. The zero-order valence-electron chi connectivity index (χ0n) is 11.1. The van der Waals surface area contributed by atoms with Crippen molar-refractivity contribution < 1.29 is 8.78 Å². The minimum absolute atomic E-state index is 0.165. The number of piperidine rings is 1. The average Bonchev–Trinajstić information content (AvgIpc) is 2.98. The molecular weight excluding hydrogens is 260 g/mol. The van der Waals surface area contributed by atoms with Crippen LogP contribution in [-0.4, -0.2) is 28.2 Å². The summed E-state index contributed by atoms with van der Waals surface area (Å²) in [4.78, 5) is 2.11. The smallest absolute Gasteiger partial charge is 0.130 e. The second-order valence-corrected chi connectivity index (χ2v) is 5.29. The SMILES string of the molecule is Fc1cccc(F)c1CN1CCC[C@@H](c2ccn[nH]2)C1. The minimum Gasteiger partial charge on any atom is -0.298 e. The fourth-order valence-electron chi connectivity index (χ4n) is 2.85. The van der Waals surface area contributed by atoms with Crippen molar-refractivity contribution in [1.82, 2.24) is 15.1 Å². The zero-order chi connectivity index (χ0) is 13.9. The minimum atomic E-state index is -0.464. The third-order valence-electron chi connectivity index (χ3n) is 3.91. The van der Waals surface area contributed by atoms with Gasteiger partial charge in [-0.2, -0.15) is 5.10 Å². The Morgan fingerprint density at radius 3 is 2.75 bits per heavy atom. The van der Waals surface area contributed by atoms with Gasteiger partial charge in [0.1, 0.15) is 11.6 Å². The summed E-state index contributed by atoms with van der Waals surface area (Å²) in [6.07, 6.45) is 3.85. The van der Waals surface area contributed by atoms with E-state index >= 15 is 0 Å². The number of aromatic nitrogens is 2. The summed E-state index contributed by atoms with van der Waals surface area (Å²) in [5.41, 5.74) is 1.27. The van der Waals surface area contributed by atoms with Crippen LogP contribution in [0.3, 0.4) is 0 Å². The van der Waals surface area contributed by atoms with Gasteiger partial charge in [0.15, 0.2) is 0 Å². The van der Waals surface area contributed by atoms with Crippen molar-refractivity contribution in [3.63, 3.8) is 0 Å². The Balaban J connectivity index is 1.72. The van der Waals surface area contributed by atoms with Crippen LogP contribution in [0.4, 0.5) is 8.78 Å². The van der Waals surface area contributed by atoms with E-state index in [-0.39, 0.29) is 5.56 Å². The predicted molar refractivity (Wildman–Crippen MR) is 72.2 cm³/mol. The molecule has 0 bridgehead atoms. The van der Waals surface area contributed by atoms with Crippen molar-refractivity contribution in [2.24, 2.45) is 0 Å². The van der Waals surface area contributed by atoms with E-state index < -0.39 is 11.6 Å². The highest BCUT2D eigenvalue weighted by molar-refractivity contribution is 5.20. The number of hydrogen-bond acceptors (Lipinski definition) is 2. The Morgan fingerprint density at radius 2 is 2.05 bits per heavy atom. The van der Waals surface area contributed by atoms with E-state index in [1.165, 1.54) is 18.2 Å². The Morgan fingerprint density at radius 1 is 1.25 bits per heavy atom. The lowest BCUT2D eigenvalue weighted by Gasteiger charge is -2.32. The van der Waals surface area contributed by atoms with Gasteiger partial charge in [-0.15, -0.1) is 0 Å². The van der Waals surface area contributed by atoms with Crippen molar-refractivity contribution in [3.05, 3.63) is 53.4 Å². The molecule has 0 radical (unpaired) electrons. The van der Waals surface area contributed by atoms with E-state index in [0.717, 1.165) is 31.6 Å². The number of benzene rings is 1. The molecule has 1 aliphatic heterocycles. The van der Waals surface area contributed by atoms with Crippen LogP contribution in [0.2, 0.25) is 0 Å². The molecule has 1 N–H and O–H groups in total. The number of H-pyrrole nitrogens is 1. The second-order valence-electron chi connectivity index (χ2n) is 5.29. The fourth-order valence-corrected chi connectivity index (χ4v) is 2.85. The maximum Gasteiger partial charge on any atom is 0.130 e. The molecular formula is C15H17F2N3. The van der Waals surface area contributed by atoms with Gasteiger partial charge in [-0.1, -0.05) is 6.07 Å². The van der Waals surface area contributed by atoms with E-state index in [9.17, 15) is 8.78 Å². The third-order valence-corrected chi connectivity index (χ3v) is 3.91. The van der Waals surface area contributed by atoms with Gasteiger partial charge in [0.25, 0.3) is 0 Å². The molecule has 2 aromatic rings. The van der Waals surface area contributed by atoms with Crippen LogP contribution in [0.25, 0.3) is 0 Å². The molecule has 1 aliphatic rings. The Bertz CT molecular complexity index is 548. The van der Waals surface area contributed by atoms with Crippen LogP contribution in [0.1, 0.15) is 30.0 Å². The molecule has 2 heterocycles. The molecule has 0 unspecified atom stereocenters. The monoisotopic (exact) mass is 277 g/mol. The van der Waals surface area contributed by atoms with E-state index in [1.54, 1.807) is 6.20 Å². The van der Waals surface area contributed by atoms with Crippen LogP contribution >= 0.6 is 0 Å². The summed E-state index contributed by atoms with van der Waals surface area (Å²) in [7, 11) is 0. The summed E-state index contributed by atoms with van der Waals surface area (Å²) in [6.45, 7) is 2.00. The quantitative estimate of drug-likeness (QED) is 0.935. The average molecular weight is 277 g/mol. The molecule has 20 heavy (non-hydrogen) atoms. The molecule has 1 atom stereocenters. The summed E-state index contributed by atoms with van der Waals surface area (Å²) in [5.74, 6) is -0.566. The zero-order valence-corrected chi connectivity index (χ0v) is 11.1. The first-order valence-corrected chi connectivity index (χ1v) is 6.88. The predicted octanol–water partition coefficient (Wildman–Crippen LogP) is 3.07. The summed E-state index contributed by atoms with van der Waals surface area (Å²) < 4.78 is 27.4. The molecule has 0 saturated carbocycles. The molecule has 0 aliphatic carbocycles. The van der Waals surface area contributed by atoms with Gasteiger partial charge in [0.2, 0.25) is 0 Å². The van der Waals surface area contributed by atoms with Crippen molar-refractivity contribution in [2.45, 2.75) is 25.3 Å². The fraction of sp³-hybridized carbons (Fsp3) is 0.400. The van der Waals surface area contributed by atoms with E-state index in [2.05, 4.69) is 15.1 Å². The van der Waals surface area contributed by atoms with Crippen LogP contribution < -0.4 is 0 Å². The molecule has 0 amide bonds. The second kappa shape index (κ2) is 5.71. The number of nitrogens with one attached hydrogen (secondary N) is 1. The van der Waals surface area contributed by atoms with Crippen LogP contribution in [0.5, 0.6) is 0 Å². The normalized spacial score (nSPS) is 20.2. The maximum atomic E-state index is 13.7. The first kappa shape index (κ1) is 13.2. The lowest BCUT2D eigenvalue weighted by molar-refractivity contribution is 0.194. The van der Waals surface area contributed by atoms with Gasteiger partial charge in [-0.05, 0) is 37.6 Å². The van der Waals surface area contributed by atoms with E-state index in [0.29, 0.717) is 12.5 Å². The molecule has 1 saturated heterocycles. The van der Waals surface area contributed by atoms with Gasteiger partial charge in [-0.3, -0.25) is 10.00 Å². The maximum absolute atomic E-state index is 13.7. The number of halogens is 2. The van der Waals surface area contributed by atoms with E-state index in [1.807, 2.05) is 6.07 Å². The molecule has 3 rings (SSSR count). The highest BCUT2D eigenvalue weighted by Crippen LogP contribution is 2.27. The van der Waals surface area contributed by atoms with Crippen LogP contribution in [-0.2, 0) is 6.54 Å². The first-order chi connectivity index (χ1) is 9.74. The number of rotatable bonds is 3. The Labute approximate surface area is 116 Å². The summed E-state index contributed by atoms with van der Waals surface area (Å²) in [6, 6.07) is 6.00. The lowest BCUT2D eigenvalue weighted by Crippen LogP contribution is -2.34.